The predicted molar refractivity (Wildman–Crippen MR) is 79.4 cm³/mol. The molecular weight excluding hydrogens is 298 g/mol. The van der Waals surface area contributed by atoms with Crippen molar-refractivity contribution < 1.29 is 9.90 Å². The average Bonchev–Trinajstić information content (AvgIpc) is 2.76. The van der Waals surface area contributed by atoms with Crippen molar-refractivity contribution in [3.8, 4) is 5.69 Å². The van der Waals surface area contributed by atoms with E-state index in [0.717, 1.165) is 4.70 Å². The van der Waals surface area contributed by atoms with E-state index in [4.69, 9.17) is 11.6 Å². The molecule has 20 heavy (non-hydrogen) atoms. The van der Waals surface area contributed by atoms with Gasteiger partial charge in [0.25, 0.3) is 5.56 Å². The molecule has 0 aliphatic carbocycles. The summed E-state index contributed by atoms with van der Waals surface area (Å²) in [4.78, 5) is 23.7. The third-order valence-corrected chi connectivity index (χ3v) is 4.33. The van der Waals surface area contributed by atoms with Crippen molar-refractivity contribution in [2.24, 2.45) is 0 Å². The number of carboxylic acid groups (broad SMARTS) is 1. The molecule has 1 aromatic heterocycles. The molecule has 3 rings (SSSR count). The van der Waals surface area contributed by atoms with Gasteiger partial charge in [-0.25, -0.2) is 8.75 Å². The summed E-state index contributed by atoms with van der Waals surface area (Å²) in [6.45, 7) is 0. The summed E-state index contributed by atoms with van der Waals surface area (Å²) in [6.07, 6.45) is 0. The maximum Gasteiger partial charge on any atom is 0.339 e. The van der Waals surface area contributed by atoms with E-state index in [1.165, 1.54) is 21.6 Å². The number of fused-ring (bicyclic) bond motifs is 1. The molecule has 0 spiro atoms. The molecule has 0 bridgehead atoms. The maximum atomic E-state index is 12.4. The van der Waals surface area contributed by atoms with Gasteiger partial charge in [0.1, 0.15) is 5.56 Å². The zero-order valence-electron chi connectivity index (χ0n) is 10.0. The molecule has 0 aliphatic rings. The van der Waals surface area contributed by atoms with Crippen LogP contribution in [0.5, 0.6) is 0 Å². The molecule has 0 saturated carbocycles. The van der Waals surface area contributed by atoms with E-state index >= 15 is 0 Å². The molecule has 0 fully saturated rings. The van der Waals surface area contributed by atoms with Crippen LogP contribution < -0.4 is 5.56 Å². The smallest absolute Gasteiger partial charge is 0.339 e. The number of halogens is 1. The fourth-order valence-corrected chi connectivity index (χ4v) is 3.30. The van der Waals surface area contributed by atoms with Gasteiger partial charge >= 0.3 is 5.97 Å². The molecule has 6 heteroatoms. The average molecular weight is 306 g/mol. The van der Waals surface area contributed by atoms with Gasteiger partial charge in [0.15, 0.2) is 0 Å². The fraction of sp³-hybridized carbons (Fsp3) is 0. The van der Waals surface area contributed by atoms with Crippen LogP contribution in [0.4, 0.5) is 0 Å². The van der Waals surface area contributed by atoms with E-state index in [0.29, 0.717) is 5.39 Å². The number of benzene rings is 2. The summed E-state index contributed by atoms with van der Waals surface area (Å²) in [5.41, 5.74) is -0.0191. The molecule has 0 aliphatic heterocycles. The second-order valence-electron chi connectivity index (χ2n) is 4.13. The highest BCUT2D eigenvalue weighted by molar-refractivity contribution is 7.14. The highest BCUT2D eigenvalue weighted by Crippen LogP contribution is 2.26. The highest BCUT2D eigenvalue weighted by atomic mass is 35.5. The van der Waals surface area contributed by atoms with Gasteiger partial charge < -0.3 is 5.11 Å². The van der Waals surface area contributed by atoms with Crippen LogP contribution >= 0.6 is 23.1 Å². The molecule has 0 unspecified atom stereocenters. The van der Waals surface area contributed by atoms with Crippen molar-refractivity contribution in [2.45, 2.75) is 0 Å². The zero-order chi connectivity index (χ0) is 14.3. The van der Waals surface area contributed by atoms with E-state index in [-0.39, 0.29) is 21.8 Å². The zero-order valence-corrected chi connectivity index (χ0v) is 11.6. The monoisotopic (exact) mass is 305 g/mol. The number of carboxylic acids is 1. The molecule has 0 amide bonds. The second kappa shape index (κ2) is 4.77. The molecule has 4 nitrogen and oxygen atoms in total. The molecule has 0 atom stereocenters. The Morgan fingerprint density at radius 2 is 1.90 bits per heavy atom. The van der Waals surface area contributed by atoms with Crippen molar-refractivity contribution >= 4 is 39.2 Å². The number of rotatable bonds is 2. The largest absolute Gasteiger partial charge is 0.478 e. The summed E-state index contributed by atoms with van der Waals surface area (Å²) in [5, 5.41) is 9.95. The standard InChI is InChI=1S/C14H8ClNO3S/c15-9-5-3-6-10(12(9)14(18)19)16-13(17)8-4-1-2-7-11(8)20-16/h1-7H,(H,18,19). The van der Waals surface area contributed by atoms with Crippen molar-refractivity contribution in [1.82, 2.24) is 3.96 Å². The highest BCUT2D eigenvalue weighted by Gasteiger charge is 2.18. The van der Waals surface area contributed by atoms with Gasteiger partial charge in [-0.05, 0) is 24.3 Å². The first kappa shape index (κ1) is 12.9. The minimum Gasteiger partial charge on any atom is -0.478 e. The second-order valence-corrected chi connectivity index (χ2v) is 5.52. The van der Waals surface area contributed by atoms with Gasteiger partial charge in [-0.15, -0.1) is 0 Å². The fourth-order valence-electron chi connectivity index (χ4n) is 2.02. The molecule has 0 saturated heterocycles. The first-order valence-corrected chi connectivity index (χ1v) is 6.88. The lowest BCUT2D eigenvalue weighted by molar-refractivity contribution is 0.0697. The van der Waals surface area contributed by atoms with Gasteiger partial charge in [-0.2, -0.15) is 0 Å². The Bertz CT molecular complexity index is 882. The summed E-state index contributed by atoms with van der Waals surface area (Å²) < 4.78 is 2.16. The number of aromatic carboxylic acids is 1. The summed E-state index contributed by atoms with van der Waals surface area (Å²) >= 11 is 7.13. The van der Waals surface area contributed by atoms with Gasteiger partial charge in [-0.3, -0.25) is 4.79 Å². The number of aromatic nitrogens is 1. The van der Waals surface area contributed by atoms with E-state index < -0.39 is 5.97 Å². The Morgan fingerprint density at radius 3 is 2.60 bits per heavy atom. The molecule has 100 valence electrons. The van der Waals surface area contributed by atoms with E-state index in [9.17, 15) is 14.7 Å². The normalized spacial score (nSPS) is 10.8. The lowest BCUT2D eigenvalue weighted by Gasteiger charge is -2.06. The van der Waals surface area contributed by atoms with E-state index in [1.807, 2.05) is 12.1 Å². The van der Waals surface area contributed by atoms with Crippen LogP contribution in [0.1, 0.15) is 10.4 Å². The Hall–Kier alpha value is -2.11. The lowest BCUT2D eigenvalue weighted by atomic mass is 10.2. The number of carbonyl (C=O) groups is 1. The SMILES string of the molecule is O=C(O)c1c(Cl)cccc1-n1sc2ccccc2c1=O. The Morgan fingerprint density at radius 1 is 1.15 bits per heavy atom. The van der Waals surface area contributed by atoms with Crippen molar-refractivity contribution in [1.29, 1.82) is 0 Å². The van der Waals surface area contributed by atoms with Crippen molar-refractivity contribution in [3.63, 3.8) is 0 Å². The quantitative estimate of drug-likeness (QED) is 0.789. The van der Waals surface area contributed by atoms with Gasteiger partial charge in [-0.1, -0.05) is 41.3 Å². The lowest BCUT2D eigenvalue weighted by Crippen LogP contribution is -2.14. The van der Waals surface area contributed by atoms with Crippen LogP contribution in [-0.2, 0) is 0 Å². The van der Waals surface area contributed by atoms with Crippen molar-refractivity contribution in [2.75, 3.05) is 0 Å². The third-order valence-electron chi connectivity index (χ3n) is 2.92. The van der Waals surface area contributed by atoms with Crippen LogP contribution in [0, 0.1) is 0 Å². The number of hydrogen-bond acceptors (Lipinski definition) is 3. The molecule has 0 radical (unpaired) electrons. The summed E-state index contributed by atoms with van der Waals surface area (Å²) in [5.74, 6) is -1.16. The number of hydrogen-bond donors (Lipinski definition) is 1. The van der Waals surface area contributed by atoms with Gasteiger partial charge in [0.2, 0.25) is 0 Å². The molecule has 2 aromatic carbocycles. The van der Waals surface area contributed by atoms with Crippen LogP contribution in [0.15, 0.2) is 47.3 Å². The Kier molecular flexibility index (Phi) is 3.08. The molecule has 3 aromatic rings. The van der Waals surface area contributed by atoms with E-state index in [2.05, 4.69) is 0 Å². The van der Waals surface area contributed by atoms with Crippen LogP contribution in [-0.4, -0.2) is 15.0 Å². The number of nitrogens with zero attached hydrogens (tertiary/aromatic N) is 1. The molecular formula is C14H8ClNO3S. The molecule has 1 heterocycles. The van der Waals surface area contributed by atoms with Crippen LogP contribution in [0.2, 0.25) is 5.02 Å². The van der Waals surface area contributed by atoms with E-state index in [1.54, 1.807) is 24.3 Å². The summed E-state index contributed by atoms with van der Waals surface area (Å²) in [7, 11) is 0. The summed E-state index contributed by atoms with van der Waals surface area (Å²) in [6, 6.07) is 11.8. The predicted octanol–water partition coefficient (Wildman–Crippen LogP) is 3.40. The van der Waals surface area contributed by atoms with Crippen molar-refractivity contribution in [3.05, 3.63) is 63.4 Å². The minimum atomic E-state index is -1.16. The van der Waals surface area contributed by atoms with Crippen LogP contribution in [0.3, 0.4) is 0 Å². The van der Waals surface area contributed by atoms with Gasteiger partial charge in [0.05, 0.1) is 20.8 Å². The van der Waals surface area contributed by atoms with Gasteiger partial charge in [0, 0.05) is 0 Å². The first-order valence-electron chi connectivity index (χ1n) is 5.73. The third kappa shape index (κ3) is 1.92. The van der Waals surface area contributed by atoms with Crippen LogP contribution in [0.25, 0.3) is 15.8 Å². The Balaban J connectivity index is 2.37. The molecule has 1 N–H and O–H groups in total. The first-order chi connectivity index (χ1) is 9.59. The topological polar surface area (TPSA) is 59.3 Å². The maximum absolute atomic E-state index is 12.4. The Labute approximate surface area is 122 Å². The minimum absolute atomic E-state index is 0.0668.